The van der Waals surface area contributed by atoms with Crippen LogP contribution in [0.1, 0.15) is 40.4 Å². The molecule has 0 aromatic heterocycles. The Labute approximate surface area is 213 Å². The molecule has 2 heterocycles. The number of aryl methyl sites for hydroxylation is 1. The van der Waals surface area contributed by atoms with Crippen molar-refractivity contribution in [1.82, 2.24) is 4.90 Å². The molecule has 1 fully saturated rings. The molecular formula is C27H27F3N4O3. The summed E-state index contributed by atoms with van der Waals surface area (Å²) in [5, 5.41) is 11.9. The molecule has 1 amide bonds. The molecule has 4 rings (SSSR count). The standard InChI is InChI=1S/C27H27F3N4O3/c1-17-6-7-22(33-25(35)19-4-3-5-21(12-19)27(28,29)30)14-23(17)20-13-24(34-8-10-36-11-9-34)26(32-16-20)37-18(2)15-31/h3-7,12,14,16,18,24H,8-11,13H2,1-2H3,(H,33,35). The summed E-state index contributed by atoms with van der Waals surface area (Å²) in [5.74, 6) is -0.157. The van der Waals surface area contributed by atoms with Crippen molar-refractivity contribution in [3.63, 3.8) is 0 Å². The lowest BCUT2D eigenvalue weighted by molar-refractivity contribution is -0.137. The Morgan fingerprint density at radius 1 is 1.24 bits per heavy atom. The topological polar surface area (TPSA) is 86.9 Å². The minimum atomic E-state index is -4.54. The van der Waals surface area contributed by atoms with E-state index in [-0.39, 0.29) is 11.6 Å². The fraction of sp³-hybridized carbons (Fsp3) is 0.370. The molecule has 37 heavy (non-hydrogen) atoms. The highest BCUT2D eigenvalue weighted by Gasteiger charge is 2.32. The Kier molecular flexibility index (Phi) is 7.95. The smallest absolute Gasteiger partial charge is 0.416 e. The van der Waals surface area contributed by atoms with E-state index in [2.05, 4.69) is 21.3 Å². The zero-order chi connectivity index (χ0) is 26.6. The molecule has 0 spiro atoms. The number of amides is 1. The number of alkyl halides is 3. The van der Waals surface area contributed by atoms with E-state index in [1.54, 1.807) is 25.3 Å². The number of nitrogens with zero attached hydrogens (tertiary/aromatic N) is 3. The molecule has 10 heteroatoms. The van der Waals surface area contributed by atoms with Gasteiger partial charge in [0.15, 0.2) is 6.10 Å². The van der Waals surface area contributed by atoms with Crippen molar-refractivity contribution in [2.45, 2.75) is 38.6 Å². The number of aliphatic imine (C=N–C) groups is 1. The van der Waals surface area contributed by atoms with E-state index in [9.17, 15) is 23.2 Å². The Balaban J connectivity index is 1.59. The van der Waals surface area contributed by atoms with Crippen LogP contribution < -0.4 is 5.32 Å². The van der Waals surface area contributed by atoms with Crippen molar-refractivity contribution in [3.05, 3.63) is 70.9 Å². The lowest BCUT2D eigenvalue weighted by Gasteiger charge is -2.36. The number of rotatable bonds is 5. The first-order valence-corrected chi connectivity index (χ1v) is 11.9. The van der Waals surface area contributed by atoms with Gasteiger partial charge in [0, 0.05) is 30.5 Å². The fourth-order valence-electron chi connectivity index (χ4n) is 4.33. The van der Waals surface area contributed by atoms with E-state index >= 15 is 0 Å². The number of anilines is 1. The molecule has 1 N–H and O–H groups in total. The predicted molar refractivity (Wildman–Crippen MR) is 133 cm³/mol. The van der Waals surface area contributed by atoms with E-state index in [0.29, 0.717) is 44.3 Å². The van der Waals surface area contributed by atoms with E-state index in [1.807, 2.05) is 13.0 Å². The average Bonchev–Trinajstić information content (AvgIpc) is 2.90. The van der Waals surface area contributed by atoms with Crippen molar-refractivity contribution in [1.29, 1.82) is 5.26 Å². The molecule has 2 aromatic carbocycles. The number of hydrogen-bond donors (Lipinski definition) is 1. The van der Waals surface area contributed by atoms with E-state index in [1.165, 1.54) is 12.1 Å². The Bertz CT molecular complexity index is 1260. The van der Waals surface area contributed by atoms with Crippen LogP contribution in [-0.4, -0.2) is 55.2 Å². The van der Waals surface area contributed by atoms with Gasteiger partial charge < -0.3 is 14.8 Å². The maximum atomic E-state index is 13.1. The molecule has 7 nitrogen and oxygen atoms in total. The lowest BCUT2D eigenvalue weighted by Crippen LogP contribution is -2.49. The third-order valence-electron chi connectivity index (χ3n) is 6.31. The maximum Gasteiger partial charge on any atom is 0.416 e. The van der Waals surface area contributed by atoms with Gasteiger partial charge in [-0.3, -0.25) is 9.69 Å². The molecule has 2 aromatic rings. The third-order valence-corrected chi connectivity index (χ3v) is 6.31. The molecule has 0 aliphatic carbocycles. The molecule has 194 valence electrons. The minimum Gasteiger partial charge on any atom is -0.461 e. The van der Waals surface area contributed by atoms with Gasteiger partial charge in [0.05, 0.1) is 24.8 Å². The highest BCUT2D eigenvalue weighted by molar-refractivity contribution is 6.04. The van der Waals surface area contributed by atoms with Gasteiger partial charge in [-0.15, -0.1) is 0 Å². The van der Waals surface area contributed by atoms with Gasteiger partial charge in [-0.2, -0.15) is 18.4 Å². The van der Waals surface area contributed by atoms with Gasteiger partial charge in [-0.05, 0) is 67.3 Å². The first-order valence-electron chi connectivity index (χ1n) is 11.9. The van der Waals surface area contributed by atoms with Crippen LogP contribution >= 0.6 is 0 Å². The summed E-state index contributed by atoms with van der Waals surface area (Å²) in [6.45, 7) is 6.19. The number of benzene rings is 2. The summed E-state index contributed by atoms with van der Waals surface area (Å²) in [5.41, 5.74) is 2.22. The molecule has 2 atom stereocenters. The van der Waals surface area contributed by atoms with Crippen molar-refractivity contribution >= 4 is 23.1 Å². The second-order valence-electron chi connectivity index (χ2n) is 8.94. The van der Waals surface area contributed by atoms with Gasteiger partial charge in [-0.1, -0.05) is 12.1 Å². The van der Waals surface area contributed by atoms with Crippen LogP contribution in [0, 0.1) is 18.3 Å². The van der Waals surface area contributed by atoms with Crippen molar-refractivity contribution in [2.75, 3.05) is 31.6 Å². The van der Waals surface area contributed by atoms with Gasteiger partial charge >= 0.3 is 6.18 Å². The second-order valence-corrected chi connectivity index (χ2v) is 8.94. The molecule has 0 bridgehead atoms. The van der Waals surface area contributed by atoms with Crippen molar-refractivity contribution in [3.8, 4) is 6.07 Å². The second kappa shape index (κ2) is 11.2. The number of halogens is 3. The maximum absolute atomic E-state index is 13.1. The molecule has 0 saturated carbocycles. The summed E-state index contributed by atoms with van der Waals surface area (Å²) >= 11 is 0. The highest BCUT2D eigenvalue weighted by atomic mass is 19.4. The minimum absolute atomic E-state index is 0.0841. The van der Waals surface area contributed by atoms with Gasteiger partial charge in [0.2, 0.25) is 5.90 Å². The zero-order valence-corrected chi connectivity index (χ0v) is 20.5. The summed E-state index contributed by atoms with van der Waals surface area (Å²) in [6.07, 6.45) is -2.90. The summed E-state index contributed by atoms with van der Waals surface area (Å²) in [6, 6.07) is 11.5. The molecule has 1 saturated heterocycles. The van der Waals surface area contributed by atoms with Crippen LogP contribution in [0.4, 0.5) is 18.9 Å². The molecule has 2 aliphatic rings. The SMILES string of the molecule is Cc1ccc(NC(=O)c2cccc(C(F)(F)F)c2)cc1C1=CN=C(OC(C)C#N)C(N2CCOCC2)C1. The summed E-state index contributed by atoms with van der Waals surface area (Å²) < 4.78 is 50.5. The molecule has 0 radical (unpaired) electrons. The summed E-state index contributed by atoms with van der Waals surface area (Å²) in [7, 11) is 0. The van der Waals surface area contributed by atoms with Crippen molar-refractivity contribution in [2.24, 2.45) is 4.99 Å². The fourth-order valence-corrected chi connectivity index (χ4v) is 4.33. The third kappa shape index (κ3) is 6.37. The first-order chi connectivity index (χ1) is 17.7. The Hall–Kier alpha value is -3.68. The number of hydrogen-bond acceptors (Lipinski definition) is 6. The number of nitriles is 1. The Morgan fingerprint density at radius 2 is 2.00 bits per heavy atom. The largest absolute Gasteiger partial charge is 0.461 e. The van der Waals surface area contributed by atoms with Gasteiger partial charge in [0.1, 0.15) is 6.07 Å². The number of ether oxygens (including phenoxy) is 2. The number of carbonyl (C=O) groups is 1. The van der Waals surface area contributed by atoms with Crippen LogP contribution in [0.3, 0.4) is 0 Å². The molecular weight excluding hydrogens is 485 g/mol. The van der Waals surface area contributed by atoms with Crippen LogP contribution in [0.25, 0.3) is 5.57 Å². The van der Waals surface area contributed by atoms with E-state index in [0.717, 1.165) is 28.8 Å². The average molecular weight is 513 g/mol. The molecule has 2 unspecified atom stereocenters. The van der Waals surface area contributed by atoms with Crippen LogP contribution in [-0.2, 0) is 15.7 Å². The quantitative estimate of drug-likeness (QED) is 0.607. The number of carbonyl (C=O) groups excluding carboxylic acids is 1. The van der Waals surface area contributed by atoms with Crippen molar-refractivity contribution < 1.29 is 27.4 Å². The molecule has 2 aliphatic heterocycles. The monoisotopic (exact) mass is 512 g/mol. The lowest BCUT2D eigenvalue weighted by atomic mass is 9.92. The number of nitrogens with one attached hydrogen (secondary N) is 1. The first kappa shape index (κ1) is 26.4. The van der Waals surface area contributed by atoms with Gasteiger partial charge in [-0.25, -0.2) is 4.99 Å². The highest BCUT2D eigenvalue weighted by Crippen LogP contribution is 2.32. The normalized spacial score (nSPS) is 19.3. The van der Waals surface area contributed by atoms with E-state index in [4.69, 9.17) is 9.47 Å². The van der Waals surface area contributed by atoms with Gasteiger partial charge in [0.25, 0.3) is 5.91 Å². The van der Waals surface area contributed by atoms with Crippen LogP contribution in [0.2, 0.25) is 0 Å². The Morgan fingerprint density at radius 3 is 2.70 bits per heavy atom. The van der Waals surface area contributed by atoms with Crippen LogP contribution in [0.15, 0.2) is 53.7 Å². The number of morpholine rings is 1. The zero-order valence-electron chi connectivity index (χ0n) is 20.5. The van der Waals surface area contributed by atoms with E-state index < -0.39 is 23.8 Å². The predicted octanol–water partition coefficient (Wildman–Crippen LogP) is 5.04. The summed E-state index contributed by atoms with van der Waals surface area (Å²) in [4.78, 5) is 19.5. The van der Waals surface area contributed by atoms with Crippen LogP contribution in [0.5, 0.6) is 0 Å².